The molecule has 0 saturated heterocycles. The summed E-state index contributed by atoms with van der Waals surface area (Å²) >= 11 is 0. The third-order valence-corrected chi connectivity index (χ3v) is 3.08. The fourth-order valence-electron chi connectivity index (χ4n) is 2.16. The van der Waals surface area contributed by atoms with Gasteiger partial charge >= 0.3 is 0 Å². The fraction of sp³-hybridized carbons (Fsp3) is 0.312. The van der Waals surface area contributed by atoms with Gasteiger partial charge in [-0.15, -0.1) is 6.42 Å². The van der Waals surface area contributed by atoms with Crippen molar-refractivity contribution in [2.45, 2.75) is 25.7 Å². The van der Waals surface area contributed by atoms with Gasteiger partial charge in [-0.25, -0.2) is 4.99 Å². The van der Waals surface area contributed by atoms with Crippen molar-refractivity contribution in [2.24, 2.45) is 4.99 Å². The first kappa shape index (κ1) is 12.4. The number of hydrogen-bond acceptors (Lipinski definition) is 2. The summed E-state index contributed by atoms with van der Waals surface area (Å²) in [5.41, 5.74) is 3.02. The molecular weight excluding hydrogens is 222 g/mol. The smallest absolute Gasteiger partial charge is 0.217 e. The number of rotatable bonds is 2. The minimum Gasteiger partial charge on any atom is -0.481 e. The van der Waals surface area contributed by atoms with E-state index in [-0.39, 0.29) is 0 Å². The Labute approximate surface area is 108 Å². The number of para-hydroxylation sites is 1. The summed E-state index contributed by atoms with van der Waals surface area (Å²) in [7, 11) is 1.65. The zero-order valence-electron chi connectivity index (χ0n) is 10.6. The number of methoxy groups -OCH3 is 1. The molecule has 0 spiro atoms. The molecule has 18 heavy (non-hydrogen) atoms. The van der Waals surface area contributed by atoms with Crippen molar-refractivity contribution in [1.82, 2.24) is 0 Å². The van der Waals surface area contributed by atoms with Crippen molar-refractivity contribution in [3.63, 3.8) is 0 Å². The molecule has 0 radical (unpaired) electrons. The Morgan fingerprint density at radius 3 is 2.61 bits per heavy atom. The van der Waals surface area contributed by atoms with Crippen LogP contribution in [0.3, 0.4) is 0 Å². The lowest BCUT2D eigenvalue weighted by molar-refractivity contribution is 0.400. The summed E-state index contributed by atoms with van der Waals surface area (Å²) in [4.78, 5) is 4.54. The summed E-state index contributed by atoms with van der Waals surface area (Å²) in [5, 5.41) is 0. The molecule has 2 rings (SSSR count). The zero-order chi connectivity index (χ0) is 12.8. The molecule has 1 aromatic rings. The number of benzene rings is 1. The van der Waals surface area contributed by atoms with Gasteiger partial charge in [0, 0.05) is 11.1 Å². The summed E-state index contributed by atoms with van der Waals surface area (Å²) in [6.07, 6.45) is 9.79. The van der Waals surface area contributed by atoms with Crippen molar-refractivity contribution < 1.29 is 4.74 Å². The van der Waals surface area contributed by atoms with Crippen LogP contribution in [-0.2, 0) is 4.74 Å². The molecule has 0 bridgehead atoms. The average molecular weight is 239 g/mol. The second kappa shape index (κ2) is 6.07. The van der Waals surface area contributed by atoms with E-state index in [1.807, 2.05) is 30.3 Å². The minimum absolute atomic E-state index is 0.661. The van der Waals surface area contributed by atoms with Crippen LogP contribution in [0.5, 0.6) is 0 Å². The second-order valence-electron chi connectivity index (χ2n) is 4.27. The molecule has 0 fully saturated rings. The van der Waals surface area contributed by atoms with Crippen LogP contribution in [0.1, 0.15) is 25.7 Å². The number of ether oxygens (including phenoxy) is 1. The van der Waals surface area contributed by atoms with Crippen molar-refractivity contribution in [3.05, 3.63) is 41.5 Å². The Morgan fingerprint density at radius 1 is 1.22 bits per heavy atom. The predicted molar refractivity (Wildman–Crippen MR) is 74.9 cm³/mol. The molecule has 0 aromatic heterocycles. The van der Waals surface area contributed by atoms with E-state index in [1.54, 1.807) is 7.11 Å². The third-order valence-electron chi connectivity index (χ3n) is 3.08. The normalized spacial score (nSPS) is 16.3. The Morgan fingerprint density at radius 2 is 1.94 bits per heavy atom. The maximum Gasteiger partial charge on any atom is 0.217 e. The van der Waals surface area contributed by atoms with E-state index in [2.05, 4.69) is 10.9 Å². The van der Waals surface area contributed by atoms with E-state index < -0.39 is 0 Å². The molecule has 1 aliphatic carbocycles. The van der Waals surface area contributed by atoms with Gasteiger partial charge in [0.15, 0.2) is 0 Å². The highest BCUT2D eigenvalue weighted by Gasteiger charge is 2.17. The fourth-order valence-corrected chi connectivity index (χ4v) is 2.16. The third kappa shape index (κ3) is 2.81. The topological polar surface area (TPSA) is 21.6 Å². The molecule has 0 amide bonds. The van der Waals surface area contributed by atoms with Crippen LogP contribution in [0.4, 0.5) is 5.69 Å². The van der Waals surface area contributed by atoms with E-state index in [0.29, 0.717) is 5.90 Å². The highest BCUT2D eigenvalue weighted by atomic mass is 16.5. The number of nitrogens with zero attached hydrogens (tertiary/aromatic N) is 1. The molecule has 0 N–H and O–H groups in total. The van der Waals surface area contributed by atoms with Crippen molar-refractivity contribution in [2.75, 3.05) is 7.11 Å². The van der Waals surface area contributed by atoms with E-state index >= 15 is 0 Å². The van der Waals surface area contributed by atoms with E-state index in [0.717, 1.165) is 42.5 Å². The van der Waals surface area contributed by atoms with Gasteiger partial charge < -0.3 is 4.74 Å². The lowest BCUT2D eigenvalue weighted by Crippen LogP contribution is -2.11. The number of aliphatic imine (C=N–C) groups is 1. The van der Waals surface area contributed by atoms with E-state index in [4.69, 9.17) is 11.2 Å². The van der Waals surface area contributed by atoms with Crippen LogP contribution in [0.25, 0.3) is 0 Å². The monoisotopic (exact) mass is 239 g/mol. The van der Waals surface area contributed by atoms with Crippen molar-refractivity contribution >= 4 is 11.6 Å². The molecule has 0 aliphatic heterocycles. The Bertz CT molecular complexity index is 506. The first-order valence-corrected chi connectivity index (χ1v) is 6.22. The first-order valence-electron chi connectivity index (χ1n) is 6.22. The molecule has 1 aliphatic rings. The average Bonchev–Trinajstić information content (AvgIpc) is 2.46. The van der Waals surface area contributed by atoms with Gasteiger partial charge in [0.1, 0.15) is 0 Å². The summed E-state index contributed by atoms with van der Waals surface area (Å²) in [5.74, 6) is 3.43. The largest absolute Gasteiger partial charge is 0.481 e. The van der Waals surface area contributed by atoms with Gasteiger partial charge in [-0.2, -0.15) is 0 Å². The number of terminal acetylenes is 1. The summed E-state index contributed by atoms with van der Waals surface area (Å²) in [6.45, 7) is 0. The molecule has 0 atom stereocenters. The molecule has 0 heterocycles. The van der Waals surface area contributed by atoms with Gasteiger partial charge in [-0.3, -0.25) is 0 Å². The Kier molecular flexibility index (Phi) is 4.20. The van der Waals surface area contributed by atoms with Gasteiger partial charge in [-0.05, 0) is 37.8 Å². The van der Waals surface area contributed by atoms with Gasteiger partial charge in [0.05, 0.1) is 12.8 Å². The van der Waals surface area contributed by atoms with Crippen LogP contribution in [0.15, 0.2) is 46.5 Å². The SMILES string of the molecule is C#CC1=C(C(=Nc2ccccc2)OC)CCCC1. The van der Waals surface area contributed by atoms with Gasteiger partial charge in [-0.1, -0.05) is 24.1 Å². The number of allylic oxidation sites excluding steroid dienone is 1. The number of hydrogen-bond donors (Lipinski definition) is 0. The second-order valence-corrected chi connectivity index (χ2v) is 4.27. The molecular formula is C16H17NO. The highest BCUT2D eigenvalue weighted by Crippen LogP contribution is 2.26. The van der Waals surface area contributed by atoms with Crippen LogP contribution < -0.4 is 0 Å². The molecule has 92 valence electrons. The van der Waals surface area contributed by atoms with Gasteiger partial charge in [0.2, 0.25) is 5.90 Å². The van der Waals surface area contributed by atoms with Crippen molar-refractivity contribution in [1.29, 1.82) is 0 Å². The molecule has 2 heteroatoms. The maximum atomic E-state index is 5.56. The molecule has 2 nitrogen and oxygen atoms in total. The van der Waals surface area contributed by atoms with Crippen LogP contribution >= 0.6 is 0 Å². The maximum absolute atomic E-state index is 5.56. The van der Waals surface area contributed by atoms with Crippen LogP contribution in [-0.4, -0.2) is 13.0 Å². The summed E-state index contributed by atoms with van der Waals surface area (Å²) < 4.78 is 5.42. The first-order chi connectivity index (χ1) is 8.85. The Hall–Kier alpha value is -2.01. The Balaban J connectivity index is 2.37. The van der Waals surface area contributed by atoms with Crippen LogP contribution in [0, 0.1) is 12.3 Å². The molecule has 0 unspecified atom stereocenters. The minimum atomic E-state index is 0.661. The zero-order valence-corrected chi connectivity index (χ0v) is 10.6. The molecule has 1 aromatic carbocycles. The van der Waals surface area contributed by atoms with Crippen molar-refractivity contribution in [3.8, 4) is 12.3 Å². The van der Waals surface area contributed by atoms with Crippen LogP contribution in [0.2, 0.25) is 0 Å². The lowest BCUT2D eigenvalue weighted by atomic mass is 9.92. The van der Waals surface area contributed by atoms with Gasteiger partial charge in [0.25, 0.3) is 0 Å². The quantitative estimate of drug-likeness (QED) is 0.436. The van der Waals surface area contributed by atoms with E-state index in [1.165, 1.54) is 0 Å². The molecule has 0 saturated carbocycles. The standard InChI is InChI=1S/C16H17NO/c1-3-13-9-7-8-12-15(13)16(18-2)17-14-10-5-4-6-11-14/h1,4-6,10-11H,7-9,12H2,2H3. The lowest BCUT2D eigenvalue weighted by Gasteiger charge is -2.17. The van der Waals surface area contributed by atoms with E-state index in [9.17, 15) is 0 Å². The highest BCUT2D eigenvalue weighted by molar-refractivity contribution is 5.96. The predicted octanol–water partition coefficient (Wildman–Crippen LogP) is 3.87. The summed E-state index contributed by atoms with van der Waals surface area (Å²) in [6, 6.07) is 9.81.